The van der Waals surface area contributed by atoms with E-state index in [9.17, 15) is 4.79 Å². The molecule has 1 aromatic rings. The van der Waals surface area contributed by atoms with Gasteiger partial charge in [-0.1, -0.05) is 5.11 Å². The Morgan fingerprint density at radius 1 is 1.58 bits per heavy atom. The van der Waals surface area contributed by atoms with Gasteiger partial charge in [0.15, 0.2) is 0 Å². The average Bonchev–Trinajstić information content (AvgIpc) is 2.28. The third kappa shape index (κ3) is 1.68. The summed E-state index contributed by atoms with van der Waals surface area (Å²) in [6, 6.07) is -0.995. The topological polar surface area (TPSA) is 137 Å². The van der Waals surface area contributed by atoms with E-state index >= 15 is 0 Å². The molecular weight excluding hydrogens is 166 g/mol. The van der Waals surface area contributed by atoms with Crippen molar-refractivity contribution in [3.05, 3.63) is 0 Å². The number of carbonyl (C=O) groups is 1. The Hall–Kier alpha value is -2.12. The minimum atomic E-state index is -0.995. The third-order valence-electron chi connectivity index (χ3n) is 0.897. The minimum absolute atomic E-state index is 0.205. The van der Waals surface area contributed by atoms with E-state index in [-0.39, 0.29) is 5.95 Å². The predicted molar refractivity (Wildman–Crippen MR) is 36.0 cm³/mol. The van der Waals surface area contributed by atoms with Crippen molar-refractivity contribution in [1.29, 1.82) is 0 Å². The SMILES string of the molecule is NC(=O)/N=N/c1nc(O)c(O)[nH]1. The molecular formula is C4H5N5O3. The van der Waals surface area contributed by atoms with Crippen LogP contribution in [0, 0.1) is 0 Å². The smallest absolute Gasteiger partial charge is 0.357 e. The molecule has 0 fully saturated rings. The highest BCUT2D eigenvalue weighted by molar-refractivity contribution is 5.72. The first-order chi connectivity index (χ1) is 5.59. The van der Waals surface area contributed by atoms with Gasteiger partial charge in [-0.25, -0.2) is 4.79 Å². The lowest BCUT2D eigenvalue weighted by atomic mass is 10.8. The quantitative estimate of drug-likeness (QED) is 0.441. The number of imidazole rings is 1. The summed E-state index contributed by atoms with van der Waals surface area (Å²) in [5, 5.41) is 23.5. The number of aromatic hydroxyl groups is 2. The molecule has 0 saturated carbocycles. The molecule has 0 atom stereocenters. The first-order valence-electron chi connectivity index (χ1n) is 2.78. The molecule has 1 aromatic heterocycles. The predicted octanol–water partition coefficient (Wildman–Crippen LogP) is -0.0167. The van der Waals surface area contributed by atoms with Gasteiger partial charge in [0.2, 0.25) is 0 Å². The average molecular weight is 171 g/mol. The number of carbonyl (C=O) groups excluding carboxylic acids is 1. The number of nitrogens with two attached hydrogens (primary N) is 1. The Morgan fingerprint density at radius 3 is 2.67 bits per heavy atom. The number of hydrogen-bond donors (Lipinski definition) is 4. The number of amides is 2. The van der Waals surface area contributed by atoms with Crippen LogP contribution >= 0.6 is 0 Å². The number of azo groups is 1. The van der Waals surface area contributed by atoms with E-state index in [4.69, 9.17) is 10.2 Å². The largest absolute Gasteiger partial charge is 0.491 e. The minimum Gasteiger partial charge on any atom is -0.491 e. The molecule has 2 amide bonds. The van der Waals surface area contributed by atoms with E-state index in [1.165, 1.54) is 0 Å². The zero-order valence-electron chi connectivity index (χ0n) is 5.72. The first kappa shape index (κ1) is 7.98. The van der Waals surface area contributed by atoms with Crippen LogP contribution in [0.15, 0.2) is 10.2 Å². The van der Waals surface area contributed by atoms with Crippen LogP contribution in [-0.4, -0.2) is 26.2 Å². The third-order valence-corrected chi connectivity index (χ3v) is 0.897. The van der Waals surface area contributed by atoms with Gasteiger partial charge in [-0.15, -0.1) is 5.11 Å². The zero-order valence-corrected chi connectivity index (χ0v) is 5.72. The Labute approximate surface area is 65.8 Å². The molecule has 0 aliphatic heterocycles. The molecule has 12 heavy (non-hydrogen) atoms. The van der Waals surface area contributed by atoms with E-state index in [2.05, 4.69) is 25.9 Å². The molecule has 0 radical (unpaired) electrons. The molecule has 0 aliphatic carbocycles. The number of rotatable bonds is 1. The molecule has 1 rings (SSSR count). The lowest BCUT2D eigenvalue weighted by molar-refractivity contribution is 0.255. The second-order valence-corrected chi connectivity index (χ2v) is 1.77. The molecule has 0 unspecified atom stereocenters. The molecule has 0 bridgehead atoms. The highest BCUT2D eigenvalue weighted by atomic mass is 16.3. The fourth-order valence-electron chi connectivity index (χ4n) is 0.487. The summed E-state index contributed by atoms with van der Waals surface area (Å²) < 4.78 is 0. The van der Waals surface area contributed by atoms with Crippen LogP contribution in [0.2, 0.25) is 0 Å². The van der Waals surface area contributed by atoms with E-state index < -0.39 is 17.8 Å². The molecule has 0 aliphatic rings. The Bertz CT molecular complexity index is 310. The molecule has 8 heteroatoms. The Balaban J connectivity index is 2.83. The Morgan fingerprint density at radius 2 is 2.25 bits per heavy atom. The fraction of sp³-hybridized carbons (Fsp3) is 0. The highest BCUT2D eigenvalue weighted by Crippen LogP contribution is 2.23. The van der Waals surface area contributed by atoms with Crippen LogP contribution in [-0.2, 0) is 0 Å². The van der Waals surface area contributed by atoms with E-state index in [1.807, 2.05) is 0 Å². The fourth-order valence-corrected chi connectivity index (χ4v) is 0.487. The maximum absolute atomic E-state index is 10.1. The van der Waals surface area contributed by atoms with Crippen LogP contribution in [0.1, 0.15) is 0 Å². The number of aromatic nitrogens is 2. The highest BCUT2D eigenvalue weighted by Gasteiger charge is 2.05. The van der Waals surface area contributed by atoms with Crippen LogP contribution in [0.5, 0.6) is 11.8 Å². The van der Waals surface area contributed by atoms with Crippen molar-refractivity contribution in [2.24, 2.45) is 16.0 Å². The molecule has 1 heterocycles. The number of nitrogens with zero attached hydrogens (tertiary/aromatic N) is 3. The van der Waals surface area contributed by atoms with E-state index in [0.717, 1.165) is 0 Å². The van der Waals surface area contributed by atoms with E-state index in [0.29, 0.717) is 0 Å². The summed E-state index contributed by atoms with van der Waals surface area (Å²) in [6.07, 6.45) is 0. The molecule has 0 spiro atoms. The summed E-state index contributed by atoms with van der Waals surface area (Å²) in [5.41, 5.74) is 4.62. The lowest BCUT2D eigenvalue weighted by Gasteiger charge is -1.79. The number of primary amides is 1. The second-order valence-electron chi connectivity index (χ2n) is 1.77. The van der Waals surface area contributed by atoms with Gasteiger partial charge in [-0.3, -0.25) is 4.98 Å². The van der Waals surface area contributed by atoms with Gasteiger partial charge in [0.1, 0.15) is 0 Å². The number of H-pyrrole nitrogens is 1. The van der Waals surface area contributed by atoms with Crippen LogP contribution in [0.4, 0.5) is 10.7 Å². The molecule has 5 N–H and O–H groups in total. The van der Waals surface area contributed by atoms with Crippen molar-refractivity contribution >= 4 is 12.0 Å². The number of aromatic amines is 1. The van der Waals surface area contributed by atoms with Crippen molar-refractivity contribution in [2.45, 2.75) is 0 Å². The molecule has 8 nitrogen and oxygen atoms in total. The number of urea groups is 1. The summed E-state index contributed by atoms with van der Waals surface area (Å²) in [6.45, 7) is 0. The van der Waals surface area contributed by atoms with Crippen molar-refractivity contribution in [3.8, 4) is 11.8 Å². The Kier molecular flexibility index (Phi) is 1.90. The van der Waals surface area contributed by atoms with Crippen molar-refractivity contribution < 1.29 is 15.0 Å². The van der Waals surface area contributed by atoms with Gasteiger partial charge in [-0.2, -0.15) is 4.98 Å². The number of nitrogens with one attached hydrogen (secondary N) is 1. The first-order valence-corrected chi connectivity index (χ1v) is 2.78. The van der Waals surface area contributed by atoms with Gasteiger partial charge in [-0.05, 0) is 0 Å². The van der Waals surface area contributed by atoms with E-state index in [1.54, 1.807) is 0 Å². The second kappa shape index (κ2) is 2.86. The maximum atomic E-state index is 10.1. The summed E-state index contributed by atoms with van der Waals surface area (Å²) in [5.74, 6) is -1.37. The number of hydrogen-bond acceptors (Lipinski definition) is 5. The van der Waals surface area contributed by atoms with Crippen molar-refractivity contribution in [2.75, 3.05) is 0 Å². The normalized spacial score (nSPS) is 10.7. The summed E-state index contributed by atoms with van der Waals surface area (Å²) in [4.78, 5) is 15.4. The molecule has 0 aromatic carbocycles. The molecule has 64 valence electrons. The maximum Gasteiger partial charge on any atom is 0.357 e. The summed E-state index contributed by atoms with van der Waals surface area (Å²) >= 11 is 0. The van der Waals surface area contributed by atoms with Gasteiger partial charge >= 0.3 is 6.03 Å². The van der Waals surface area contributed by atoms with Crippen LogP contribution < -0.4 is 5.73 Å². The van der Waals surface area contributed by atoms with Crippen molar-refractivity contribution in [1.82, 2.24) is 9.97 Å². The monoisotopic (exact) mass is 171 g/mol. The standard InChI is InChI=1S/C4H5N5O3/c5-3(12)8-9-4-6-1(10)2(11)7-4/h10-11H,(H2,5,12)(H,6,7)/b9-8+. The molecule has 0 saturated heterocycles. The lowest BCUT2D eigenvalue weighted by Crippen LogP contribution is -2.01. The summed E-state index contributed by atoms with van der Waals surface area (Å²) in [7, 11) is 0. The zero-order chi connectivity index (χ0) is 9.14. The van der Waals surface area contributed by atoms with Gasteiger partial charge in [0.25, 0.3) is 17.7 Å². The van der Waals surface area contributed by atoms with Gasteiger partial charge in [0.05, 0.1) is 0 Å². The van der Waals surface area contributed by atoms with Gasteiger partial charge < -0.3 is 15.9 Å². The van der Waals surface area contributed by atoms with Crippen LogP contribution in [0.25, 0.3) is 0 Å². The van der Waals surface area contributed by atoms with Gasteiger partial charge in [0, 0.05) is 0 Å². The van der Waals surface area contributed by atoms with Crippen LogP contribution in [0.3, 0.4) is 0 Å². The van der Waals surface area contributed by atoms with Crippen molar-refractivity contribution in [3.63, 3.8) is 0 Å².